The van der Waals surface area contributed by atoms with E-state index in [1.807, 2.05) is 6.07 Å². The quantitative estimate of drug-likeness (QED) is 0.647. The second-order valence-corrected chi connectivity index (χ2v) is 5.56. The summed E-state index contributed by atoms with van der Waals surface area (Å²) >= 11 is 0. The first-order valence-corrected chi connectivity index (χ1v) is 7.13. The van der Waals surface area contributed by atoms with Crippen molar-refractivity contribution >= 4 is 5.69 Å². The van der Waals surface area contributed by atoms with E-state index < -0.39 is 0 Å². The van der Waals surface area contributed by atoms with E-state index in [-0.39, 0.29) is 10.6 Å². The molecule has 20 heavy (non-hydrogen) atoms. The molecule has 0 amide bonds. The fourth-order valence-electron chi connectivity index (χ4n) is 2.98. The number of nitro groups is 1. The Bertz CT molecular complexity index is 482. The van der Waals surface area contributed by atoms with Crippen molar-refractivity contribution in [3.8, 4) is 0 Å². The molecule has 108 valence electrons. The van der Waals surface area contributed by atoms with Crippen LogP contribution in [0.4, 0.5) is 5.69 Å². The number of non-ortho nitro benzene ring substituents is 1. The van der Waals surface area contributed by atoms with Crippen molar-refractivity contribution in [3.05, 3.63) is 39.9 Å². The van der Waals surface area contributed by atoms with E-state index in [0.29, 0.717) is 6.04 Å². The number of hydrogen-bond donors (Lipinski definition) is 1. The van der Waals surface area contributed by atoms with Gasteiger partial charge in [-0.3, -0.25) is 19.9 Å². The van der Waals surface area contributed by atoms with Crippen molar-refractivity contribution in [3.63, 3.8) is 0 Å². The van der Waals surface area contributed by atoms with Gasteiger partial charge in [-0.05, 0) is 5.56 Å². The summed E-state index contributed by atoms with van der Waals surface area (Å²) in [6.45, 7) is 7.39. The van der Waals surface area contributed by atoms with Gasteiger partial charge in [0.1, 0.15) is 0 Å². The molecule has 2 saturated heterocycles. The maximum Gasteiger partial charge on any atom is 0.269 e. The van der Waals surface area contributed by atoms with Crippen molar-refractivity contribution in [2.24, 2.45) is 0 Å². The van der Waals surface area contributed by atoms with Gasteiger partial charge in [0, 0.05) is 64.0 Å². The molecule has 2 aliphatic rings. The molecule has 6 heteroatoms. The van der Waals surface area contributed by atoms with Crippen LogP contribution in [0.2, 0.25) is 0 Å². The van der Waals surface area contributed by atoms with Gasteiger partial charge in [0.15, 0.2) is 0 Å². The lowest BCUT2D eigenvalue weighted by Crippen LogP contribution is -2.62. The monoisotopic (exact) mass is 276 g/mol. The standard InChI is InChI=1S/C14H20N4O2/c19-18(20)13-3-1-2-12(8-13)9-16-10-14(11-16)17-6-4-15-5-7-17/h1-3,8,14-15H,4-7,9-11H2. The Morgan fingerprint density at radius 2 is 2.05 bits per heavy atom. The summed E-state index contributed by atoms with van der Waals surface area (Å²) in [6.07, 6.45) is 0. The highest BCUT2D eigenvalue weighted by molar-refractivity contribution is 5.34. The van der Waals surface area contributed by atoms with E-state index in [0.717, 1.165) is 51.4 Å². The minimum atomic E-state index is -0.330. The minimum absolute atomic E-state index is 0.182. The maximum absolute atomic E-state index is 10.8. The maximum atomic E-state index is 10.8. The number of nitrogens with zero attached hydrogens (tertiary/aromatic N) is 3. The lowest BCUT2D eigenvalue weighted by atomic mass is 10.0. The Hall–Kier alpha value is -1.50. The molecular weight excluding hydrogens is 256 g/mol. The summed E-state index contributed by atoms with van der Waals surface area (Å²) in [5, 5.41) is 14.1. The van der Waals surface area contributed by atoms with Gasteiger partial charge in [0.05, 0.1) is 4.92 Å². The van der Waals surface area contributed by atoms with Gasteiger partial charge >= 0.3 is 0 Å². The van der Waals surface area contributed by atoms with Crippen LogP contribution < -0.4 is 5.32 Å². The Kier molecular flexibility index (Phi) is 3.95. The average Bonchev–Trinajstić information content (AvgIpc) is 2.43. The Morgan fingerprint density at radius 1 is 1.30 bits per heavy atom. The largest absolute Gasteiger partial charge is 0.314 e. The molecule has 0 radical (unpaired) electrons. The zero-order valence-electron chi connectivity index (χ0n) is 11.5. The van der Waals surface area contributed by atoms with Crippen LogP contribution in [-0.4, -0.2) is 60.0 Å². The molecule has 2 aliphatic heterocycles. The predicted octanol–water partition coefficient (Wildman–Crippen LogP) is 0.684. The van der Waals surface area contributed by atoms with Crippen LogP contribution in [0.5, 0.6) is 0 Å². The molecule has 0 aliphatic carbocycles. The lowest BCUT2D eigenvalue weighted by Gasteiger charge is -2.46. The third kappa shape index (κ3) is 2.98. The van der Waals surface area contributed by atoms with Gasteiger partial charge in [-0.1, -0.05) is 12.1 Å². The second-order valence-electron chi connectivity index (χ2n) is 5.56. The molecule has 1 N–H and O–H groups in total. The van der Waals surface area contributed by atoms with Crippen LogP contribution >= 0.6 is 0 Å². The van der Waals surface area contributed by atoms with Gasteiger partial charge in [-0.25, -0.2) is 0 Å². The highest BCUT2D eigenvalue weighted by Crippen LogP contribution is 2.20. The number of likely N-dealkylation sites (tertiary alicyclic amines) is 1. The fraction of sp³-hybridized carbons (Fsp3) is 0.571. The van der Waals surface area contributed by atoms with E-state index in [2.05, 4.69) is 15.1 Å². The number of piperazine rings is 1. The summed E-state index contributed by atoms with van der Waals surface area (Å²) in [4.78, 5) is 15.3. The Balaban J connectivity index is 1.51. The molecule has 0 saturated carbocycles. The molecule has 1 aromatic carbocycles. The number of hydrogen-bond acceptors (Lipinski definition) is 5. The van der Waals surface area contributed by atoms with E-state index >= 15 is 0 Å². The van der Waals surface area contributed by atoms with Crippen molar-refractivity contribution in [2.75, 3.05) is 39.3 Å². The minimum Gasteiger partial charge on any atom is -0.314 e. The van der Waals surface area contributed by atoms with Crippen molar-refractivity contribution in [1.29, 1.82) is 0 Å². The average molecular weight is 276 g/mol. The summed E-state index contributed by atoms with van der Waals surface area (Å²) in [7, 11) is 0. The first-order valence-electron chi connectivity index (χ1n) is 7.13. The van der Waals surface area contributed by atoms with Crippen LogP contribution in [0.3, 0.4) is 0 Å². The number of benzene rings is 1. The Labute approximate surface area is 118 Å². The number of nitro benzene ring substituents is 1. The van der Waals surface area contributed by atoms with Crippen LogP contribution in [0.1, 0.15) is 5.56 Å². The summed E-state index contributed by atoms with van der Waals surface area (Å²) in [5.41, 5.74) is 1.21. The molecule has 2 heterocycles. The first-order chi connectivity index (χ1) is 9.72. The second kappa shape index (κ2) is 5.87. The third-order valence-corrected chi connectivity index (χ3v) is 4.13. The molecule has 0 aromatic heterocycles. The van der Waals surface area contributed by atoms with E-state index in [1.165, 1.54) is 0 Å². The van der Waals surface area contributed by atoms with Crippen LogP contribution in [-0.2, 0) is 6.54 Å². The molecule has 0 atom stereocenters. The lowest BCUT2D eigenvalue weighted by molar-refractivity contribution is -0.384. The molecule has 0 spiro atoms. The molecule has 0 unspecified atom stereocenters. The summed E-state index contributed by atoms with van der Waals surface area (Å²) in [6, 6.07) is 7.61. The summed E-state index contributed by atoms with van der Waals surface area (Å²) < 4.78 is 0. The third-order valence-electron chi connectivity index (χ3n) is 4.13. The van der Waals surface area contributed by atoms with E-state index in [1.54, 1.807) is 18.2 Å². The Morgan fingerprint density at radius 3 is 2.75 bits per heavy atom. The fourth-order valence-corrected chi connectivity index (χ4v) is 2.98. The molecule has 2 fully saturated rings. The normalized spacial score (nSPS) is 21.6. The van der Waals surface area contributed by atoms with Crippen LogP contribution in [0, 0.1) is 10.1 Å². The van der Waals surface area contributed by atoms with Gasteiger partial charge in [-0.2, -0.15) is 0 Å². The molecule has 6 nitrogen and oxygen atoms in total. The molecule has 3 rings (SSSR count). The topological polar surface area (TPSA) is 61.7 Å². The van der Waals surface area contributed by atoms with Crippen molar-refractivity contribution in [1.82, 2.24) is 15.1 Å². The van der Waals surface area contributed by atoms with Gasteiger partial charge in [-0.15, -0.1) is 0 Å². The smallest absolute Gasteiger partial charge is 0.269 e. The number of nitrogens with one attached hydrogen (secondary N) is 1. The van der Waals surface area contributed by atoms with Gasteiger partial charge in [0.25, 0.3) is 5.69 Å². The SMILES string of the molecule is O=[N+]([O-])c1cccc(CN2CC(N3CCNCC3)C2)c1. The molecule has 1 aromatic rings. The highest BCUT2D eigenvalue weighted by Gasteiger charge is 2.32. The van der Waals surface area contributed by atoms with Crippen molar-refractivity contribution < 1.29 is 4.92 Å². The first kappa shape index (κ1) is 13.5. The van der Waals surface area contributed by atoms with Gasteiger partial charge in [0.2, 0.25) is 0 Å². The zero-order valence-corrected chi connectivity index (χ0v) is 11.5. The van der Waals surface area contributed by atoms with Crippen LogP contribution in [0.15, 0.2) is 24.3 Å². The molecule has 0 bridgehead atoms. The van der Waals surface area contributed by atoms with Crippen molar-refractivity contribution in [2.45, 2.75) is 12.6 Å². The number of rotatable bonds is 4. The van der Waals surface area contributed by atoms with Crippen LogP contribution in [0.25, 0.3) is 0 Å². The highest BCUT2D eigenvalue weighted by atomic mass is 16.6. The molecular formula is C14H20N4O2. The van der Waals surface area contributed by atoms with E-state index in [9.17, 15) is 10.1 Å². The predicted molar refractivity (Wildman–Crippen MR) is 76.6 cm³/mol. The summed E-state index contributed by atoms with van der Waals surface area (Å²) in [5.74, 6) is 0. The van der Waals surface area contributed by atoms with E-state index in [4.69, 9.17) is 0 Å². The van der Waals surface area contributed by atoms with Gasteiger partial charge < -0.3 is 5.32 Å². The zero-order chi connectivity index (χ0) is 13.9.